The van der Waals surface area contributed by atoms with Crippen LogP contribution in [0.5, 0.6) is 0 Å². The Morgan fingerprint density at radius 3 is 2.46 bits per heavy atom. The van der Waals surface area contributed by atoms with E-state index in [2.05, 4.69) is 15.1 Å². The van der Waals surface area contributed by atoms with Gasteiger partial charge in [0.25, 0.3) is 0 Å². The number of nitrogens with one attached hydrogen (secondary N) is 1. The van der Waals surface area contributed by atoms with Crippen molar-refractivity contribution in [2.45, 2.75) is 44.7 Å². The van der Waals surface area contributed by atoms with E-state index in [1.54, 1.807) is 0 Å². The van der Waals surface area contributed by atoms with Crippen LogP contribution in [0.25, 0.3) is 0 Å². The summed E-state index contributed by atoms with van der Waals surface area (Å²) >= 11 is 17.9. The molecule has 0 atom stereocenters. The Bertz CT molecular complexity index is 567. The van der Waals surface area contributed by atoms with E-state index < -0.39 is 0 Å². The molecule has 0 spiro atoms. The van der Waals surface area contributed by atoms with Gasteiger partial charge in [0, 0.05) is 48.8 Å². The van der Waals surface area contributed by atoms with Gasteiger partial charge in [-0.05, 0) is 42.8 Å². The highest BCUT2D eigenvalue weighted by Crippen LogP contribution is 2.23. The quantitative estimate of drug-likeness (QED) is 0.780. The molecule has 24 heavy (non-hydrogen) atoms. The van der Waals surface area contributed by atoms with Crippen LogP contribution in [0.3, 0.4) is 0 Å². The third-order valence-corrected chi connectivity index (χ3v) is 5.96. The summed E-state index contributed by atoms with van der Waals surface area (Å²) in [4.78, 5) is 4.73. The van der Waals surface area contributed by atoms with Crippen molar-refractivity contribution >= 4 is 40.5 Å². The molecule has 1 saturated carbocycles. The van der Waals surface area contributed by atoms with Crippen LogP contribution in [0.4, 0.5) is 0 Å². The zero-order chi connectivity index (χ0) is 16.9. The lowest BCUT2D eigenvalue weighted by Crippen LogP contribution is -2.53. The second-order valence-corrected chi connectivity index (χ2v) is 8.01. The molecule has 0 radical (unpaired) electrons. The molecule has 1 heterocycles. The third-order valence-electron chi connectivity index (χ3n) is 5.00. The van der Waals surface area contributed by atoms with E-state index in [0.29, 0.717) is 11.1 Å². The zero-order valence-electron chi connectivity index (χ0n) is 13.9. The Morgan fingerprint density at radius 1 is 1.08 bits per heavy atom. The van der Waals surface area contributed by atoms with Gasteiger partial charge in [-0.25, -0.2) is 0 Å². The Kier molecular flexibility index (Phi) is 6.62. The highest BCUT2D eigenvalue weighted by Gasteiger charge is 2.22. The summed E-state index contributed by atoms with van der Waals surface area (Å²) in [5.74, 6) is 0. The minimum atomic E-state index is 0.581. The lowest BCUT2D eigenvalue weighted by molar-refractivity contribution is 0.173. The Labute approximate surface area is 160 Å². The summed E-state index contributed by atoms with van der Waals surface area (Å²) in [5, 5.41) is 5.94. The molecule has 0 aromatic heterocycles. The summed E-state index contributed by atoms with van der Waals surface area (Å²) in [5.41, 5.74) is 1.14. The van der Waals surface area contributed by atoms with Gasteiger partial charge in [-0.1, -0.05) is 48.5 Å². The Balaban J connectivity index is 1.45. The zero-order valence-corrected chi connectivity index (χ0v) is 16.3. The van der Waals surface area contributed by atoms with Crippen molar-refractivity contribution in [3.05, 3.63) is 33.8 Å². The molecule has 0 amide bonds. The number of piperazine rings is 1. The first kappa shape index (κ1) is 18.2. The SMILES string of the molecule is S=C(NC1CCCCC1)N1CCN(Cc2ccc(Cl)cc2Cl)CC1. The first-order valence-corrected chi connectivity index (χ1v) is 10.00. The van der Waals surface area contributed by atoms with Crippen molar-refractivity contribution in [3.63, 3.8) is 0 Å². The van der Waals surface area contributed by atoms with Gasteiger partial charge >= 0.3 is 0 Å². The largest absolute Gasteiger partial charge is 0.360 e. The molecule has 1 aliphatic heterocycles. The first-order valence-electron chi connectivity index (χ1n) is 8.83. The van der Waals surface area contributed by atoms with Crippen molar-refractivity contribution in [1.82, 2.24) is 15.1 Å². The molecule has 1 aromatic rings. The average Bonchev–Trinajstić information content (AvgIpc) is 2.59. The van der Waals surface area contributed by atoms with Gasteiger partial charge in [0.05, 0.1) is 0 Å². The molecule has 1 N–H and O–H groups in total. The second kappa shape index (κ2) is 8.70. The number of rotatable bonds is 3. The molecular weight excluding hydrogens is 361 g/mol. The van der Waals surface area contributed by atoms with E-state index in [1.165, 1.54) is 32.1 Å². The van der Waals surface area contributed by atoms with Crippen molar-refractivity contribution < 1.29 is 0 Å². The monoisotopic (exact) mass is 385 g/mol. The molecule has 2 fully saturated rings. The molecule has 1 aliphatic carbocycles. The molecule has 1 saturated heterocycles. The summed E-state index contributed by atoms with van der Waals surface area (Å²) in [7, 11) is 0. The first-order chi connectivity index (χ1) is 11.6. The van der Waals surface area contributed by atoms with E-state index >= 15 is 0 Å². The second-order valence-electron chi connectivity index (χ2n) is 6.78. The number of halogens is 2. The maximum Gasteiger partial charge on any atom is 0.169 e. The number of benzene rings is 1. The summed E-state index contributed by atoms with van der Waals surface area (Å²) in [6.45, 7) is 4.83. The maximum atomic E-state index is 6.28. The van der Waals surface area contributed by atoms with Crippen molar-refractivity contribution in [2.24, 2.45) is 0 Å². The fourth-order valence-electron chi connectivity index (χ4n) is 3.51. The predicted octanol–water partition coefficient (Wildman–Crippen LogP) is 4.32. The normalized spacial score (nSPS) is 20.2. The predicted molar refractivity (Wildman–Crippen MR) is 106 cm³/mol. The number of hydrogen-bond acceptors (Lipinski definition) is 2. The van der Waals surface area contributed by atoms with Gasteiger partial charge in [-0.3, -0.25) is 4.90 Å². The minimum absolute atomic E-state index is 0.581. The van der Waals surface area contributed by atoms with Gasteiger partial charge in [-0.15, -0.1) is 0 Å². The fourth-order valence-corrected chi connectivity index (χ4v) is 4.33. The van der Waals surface area contributed by atoms with Crippen LogP contribution in [0.1, 0.15) is 37.7 Å². The van der Waals surface area contributed by atoms with Crippen molar-refractivity contribution in [3.8, 4) is 0 Å². The molecule has 3 nitrogen and oxygen atoms in total. The van der Waals surface area contributed by atoms with Crippen LogP contribution in [0.2, 0.25) is 10.0 Å². The van der Waals surface area contributed by atoms with Crippen molar-refractivity contribution in [2.75, 3.05) is 26.2 Å². The Hall–Kier alpha value is -0.550. The molecule has 1 aromatic carbocycles. The van der Waals surface area contributed by atoms with E-state index in [9.17, 15) is 0 Å². The summed E-state index contributed by atoms with van der Waals surface area (Å²) in [6, 6.07) is 6.32. The van der Waals surface area contributed by atoms with Gasteiger partial charge in [0.1, 0.15) is 0 Å². The number of hydrogen-bond donors (Lipinski definition) is 1. The molecular formula is C18H25Cl2N3S. The molecule has 3 rings (SSSR count). The van der Waals surface area contributed by atoms with Crippen LogP contribution in [-0.4, -0.2) is 47.1 Å². The molecule has 0 unspecified atom stereocenters. The molecule has 0 bridgehead atoms. The number of nitrogens with zero attached hydrogens (tertiary/aromatic N) is 2. The number of thiocarbonyl (C=S) groups is 1. The lowest BCUT2D eigenvalue weighted by Gasteiger charge is -2.37. The summed E-state index contributed by atoms with van der Waals surface area (Å²) < 4.78 is 0. The van der Waals surface area contributed by atoms with Crippen LogP contribution in [0.15, 0.2) is 18.2 Å². The highest BCUT2D eigenvalue weighted by molar-refractivity contribution is 7.80. The summed E-state index contributed by atoms with van der Waals surface area (Å²) in [6.07, 6.45) is 6.55. The van der Waals surface area contributed by atoms with Crippen LogP contribution in [0, 0.1) is 0 Å². The van der Waals surface area contributed by atoms with Gasteiger partial charge < -0.3 is 10.2 Å². The van der Waals surface area contributed by atoms with Crippen LogP contribution < -0.4 is 5.32 Å². The highest BCUT2D eigenvalue weighted by atomic mass is 35.5. The van der Waals surface area contributed by atoms with Gasteiger partial charge in [-0.2, -0.15) is 0 Å². The average molecular weight is 386 g/mol. The van der Waals surface area contributed by atoms with E-state index in [0.717, 1.165) is 48.4 Å². The molecule has 2 aliphatic rings. The van der Waals surface area contributed by atoms with E-state index in [1.807, 2.05) is 18.2 Å². The Morgan fingerprint density at radius 2 is 1.79 bits per heavy atom. The van der Waals surface area contributed by atoms with Gasteiger partial charge in [0.2, 0.25) is 0 Å². The standard InChI is InChI=1S/C18H25Cl2N3S/c19-15-7-6-14(17(20)12-15)13-22-8-10-23(11-9-22)18(24)21-16-4-2-1-3-5-16/h6-7,12,16H,1-5,8-11,13H2,(H,21,24). The fraction of sp³-hybridized carbons (Fsp3) is 0.611. The maximum absolute atomic E-state index is 6.28. The van der Waals surface area contributed by atoms with E-state index in [-0.39, 0.29) is 0 Å². The van der Waals surface area contributed by atoms with Crippen LogP contribution >= 0.6 is 35.4 Å². The van der Waals surface area contributed by atoms with Crippen LogP contribution in [-0.2, 0) is 6.54 Å². The lowest BCUT2D eigenvalue weighted by atomic mass is 9.96. The van der Waals surface area contributed by atoms with Crippen molar-refractivity contribution in [1.29, 1.82) is 0 Å². The smallest absolute Gasteiger partial charge is 0.169 e. The van der Waals surface area contributed by atoms with Gasteiger partial charge in [0.15, 0.2) is 5.11 Å². The van der Waals surface area contributed by atoms with E-state index in [4.69, 9.17) is 35.4 Å². The minimum Gasteiger partial charge on any atom is -0.360 e. The topological polar surface area (TPSA) is 18.5 Å². The third kappa shape index (κ3) is 4.98. The molecule has 132 valence electrons. The molecule has 6 heteroatoms.